The minimum atomic E-state index is -0.0504. The first kappa shape index (κ1) is 23.3. The second kappa shape index (κ2) is 11.3. The number of fused-ring (bicyclic) bond motifs is 1. The van der Waals surface area contributed by atoms with Crippen LogP contribution in [0.1, 0.15) is 74.1 Å². The number of hydrogen-bond donors (Lipinski definition) is 0. The summed E-state index contributed by atoms with van der Waals surface area (Å²) in [6.07, 6.45) is 14.2. The monoisotopic (exact) mass is 438 g/mol. The van der Waals surface area contributed by atoms with E-state index in [1.807, 2.05) is 36.4 Å². The van der Waals surface area contributed by atoms with E-state index in [2.05, 4.69) is 56.0 Å². The van der Waals surface area contributed by atoms with Gasteiger partial charge in [0.05, 0.1) is 0 Å². The van der Waals surface area contributed by atoms with E-state index in [0.29, 0.717) is 5.39 Å². The van der Waals surface area contributed by atoms with Crippen LogP contribution in [-0.2, 0) is 6.42 Å². The molecule has 0 spiro atoms. The zero-order valence-corrected chi connectivity index (χ0v) is 20.0. The van der Waals surface area contributed by atoms with Crippen molar-refractivity contribution in [3.63, 3.8) is 0 Å². The van der Waals surface area contributed by atoms with Crippen LogP contribution in [0.3, 0.4) is 0 Å². The molecule has 1 aliphatic carbocycles. The smallest absolute Gasteiger partial charge is 0.134 e. The molecule has 1 heteroatoms. The number of aryl methyl sites for hydroxylation is 2. The van der Waals surface area contributed by atoms with Gasteiger partial charge in [0.1, 0.15) is 5.82 Å². The maximum absolute atomic E-state index is 15.2. The van der Waals surface area contributed by atoms with Crippen molar-refractivity contribution in [1.82, 2.24) is 0 Å². The Hall–Kier alpha value is -2.85. The van der Waals surface area contributed by atoms with Gasteiger partial charge in [-0.3, -0.25) is 0 Å². The zero-order chi connectivity index (χ0) is 23.0. The molecule has 0 saturated heterocycles. The van der Waals surface area contributed by atoms with Gasteiger partial charge in [0, 0.05) is 16.5 Å². The second-order valence-corrected chi connectivity index (χ2v) is 9.66. The highest BCUT2D eigenvalue weighted by atomic mass is 19.1. The van der Waals surface area contributed by atoms with Crippen molar-refractivity contribution >= 4 is 10.8 Å². The fourth-order valence-electron chi connectivity index (χ4n) is 5.06. The Morgan fingerprint density at radius 2 is 1.52 bits per heavy atom. The Morgan fingerprint density at radius 1 is 0.848 bits per heavy atom. The summed E-state index contributed by atoms with van der Waals surface area (Å²) in [4.78, 5) is 0. The molecule has 3 aromatic carbocycles. The molecule has 1 fully saturated rings. The van der Waals surface area contributed by atoms with E-state index >= 15 is 4.39 Å². The standard InChI is InChI=1S/C32H35F/c1-3-4-5-6-25-11-13-27(14-12-25)17-19-29-20-21-30-23-28(18-22-31(30)32(29)33)16-15-26-9-7-24(2)8-10-26/h3-4,7-10,18,20-23,25,27H,5-6,11-14,17,19H2,1-2H3/b4-3+. The third-order valence-corrected chi connectivity index (χ3v) is 7.20. The van der Waals surface area contributed by atoms with Crippen molar-refractivity contribution in [2.75, 3.05) is 0 Å². The van der Waals surface area contributed by atoms with E-state index in [1.54, 1.807) is 0 Å². The summed E-state index contributed by atoms with van der Waals surface area (Å²) >= 11 is 0. The Balaban J connectivity index is 1.36. The van der Waals surface area contributed by atoms with Crippen molar-refractivity contribution in [3.8, 4) is 11.8 Å². The largest absolute Gasteiger partial charge is 0.206 e. The van der Waals surface area contributed by atoms with Gasteiger partial charge in [0.15, 0.2) is 0 Å². The fraction of sp³-hybridized carbons (Fsp3) is 0.375. The number of hydrogen-bond acceptors (Lipinski definition) is 0. The van der Waals surface area contributed by atoms with Gasteiger partial charge in [-0.05, 0) is 86.6 Å². The molecule has 33 heavy (non-hydrogen) atoms. The third kappa shape index (κ3) is 6.35. The quantitative estimate of drug-likeness (QED) is 0.266. The molecule has 0 N–H and O–H groups in total. The van der Waals surface area contributed by atoms with Crippen LogP contribution in [0.15, 0.2) is 66.7 Å². The summed E-state index contributed by atoms with van der Waals surface area (Å²) in [5.74, 6) is 8.01. The molecule has 3 aromatic rings. The van der Waals surface area contributed by atoms with E-state index in [9.17, 15) is 0 Å². The molecule has 0 aliphatic heterocycles. The van der Waals surface area contributed by atoms with Gasteiger partial charge in [-0.25, -0.2) is 4.39 Å². The third-order valence-electron chi connectivity index (χ3n) is 7.20. The van der Waals surface area contributed by atoms with Crippen molar-refractivity contribution in [2.24, 2.45) is 11.8 Å². The molecule has 0 heterocycles. The first-order valence-corrected chi connectivity index (χ1v) is 12.5. The van der Waals surface area contributed by atoms with Gasteiger partial charge in [-0.1, -0.05) is 85.6 Å². The molecule has 1 saturated carbocycles. The van der Waals surface area contributed by atoms with Gasteiger partial charge >= 0.3 is 0 Å². The highest BCUT2D eigenvalue weighted by molar-refractivity contribution is 5.85. The van der Waals surface area contributed by atoms with Crippen LogP contribution in [0.5, 0.6) is 0 Å². The summed E-state index contributed by atoms with van der Waals surface area (Å²) in [6, 6.07) is 18.1. The summed E-state index contributed by atoms with van der Waals surface area (Å²) in [7, 11) is 0. The number of rotatable bonds is 6. The lowest BCUT2D eigenvalue weighted by Gasteiger charge is -2.28. The Morgan fingerprint density at radius 3 is 2.24 bits per heavy atom. The molecule has 0 nitrogen and oxygen atoms in total. The van der Waals surface area contributed by atoms with Crippen molar-refractivity contribution in [2.45, 2.75) is 65.2 Å². The molecule has 1 aliphatic rings. The Bertz CT molecular complexity index is 1150. The summed E-state index contributed by atoms with van der Waals surface area (Å²) in [6.45, 7) is 4.17. The van der Waals surface area contributed by atoms with Gasteiger partial charge in [-0.2, -0.15) is 0 Å². The Kier molecular flexibility index (Phi) is 8.01. The highest BCUT2D eigenvalue weighted by Crippen LogP contribution is 2.34. The maximum atomic E-state index is 15.2. The average molecular weight is 439 g/mol. The fourth-order valence-corrected chi connectivity index (χ4v) is 5.06. The SMILES string of the molecule is C/C=C/CCC1CCC(CCc2ccc3cc(C#Cc4ccc(C)cc4)ccc3c2F)CC1. The lowest BCUT2D eigenvalue weighted by Crippen LogP contribution is -2.15. The maximum Gasteiger partial charge on any atom is 0.134 e. The van der Waals surface area contributed by atoms with Crippen LogP contribution in [0.2, 0.25) is 0 Å². The minimum Gasteiger partial charge on any atom is -0.206 e. The van der Waals surface area contributed by atoms with Gasteiger partial charge < -0.3 is 0 Å². The number of benzene rings is 3. The number of allylic oxidation sites excluding steroid dienone is 2. The van der Waals surface area contributed by atoms with E-state index < -0.39 is 0 Å². The minimum absolute atomic E-state index is 0.0504. The molecule has 170 valence electrons. The second-order valence-electron chi connectivity index (χ2n) is 9.66. The van der Waals surface area contributed by atoms with Crippen molar-refractivity contribution in [1.29, 1.82) is 0 Å². The molecule has 4 rings (SSSR count). The molecular formula is C32H35F. The predicted octanol–water partition coefficient (Wildman–Crippen LogP) is 8.78. The molecule has 0 unspecified atom stereocenters. The first-order valence-electron chi connectivity index (χ1n) is 12.5. The van der Waals surface area contributed by atoms with Gasteiger partial charge in [0.25, 0.3) is 0 Å². The van der Waals surface area contributed by atoms with Crippen LogP contribution < -0.4 is 0 Å². The first-order chi connectivity index (χ1) is 16.1. The molecule has 0 aromatic heterocycles. The van der Waals surface area contributed by atoms with E-state index in [0.717, 1.165) is 46.8 Å². The molecule has 0 radical (unpaired) electrons. The molecule has 0 atom stereocenters. The van der Waals surface area contributed by atoms with Crippen LogP contribution in [0.25, 0.3) is 10.8 Å². The van der Waals surface area contributed by atoms with Crippen LogP contribution in [0, 0.1) is 36.4 Å². The van der Waals surface area contributed by atoms with Crippen molar-refractivity contribution in [3.05, 3.63) is 94.8 Å². The van der Waals surface area contributed by atoms with Crippen LogP contribution in [0.4, 0.5) is 4.39 Å². The summed E-state index contributed by atoms with van der Waals surface area (Å²) in [5.41, 5.74) is 4.00. The zero-order valence-electron chi connectivity index (χ0n) is 20.0. The van der Waals surface area contributed by atoms with E-state index in [1.165, 1.54) is 44.1 Å². The van der Waals surface area contributed by atoms with Crippen LogP contribution >= 0.6 is 0 Å². The lowest BCUT2D eigenvalue weighted by molar-refractivity contribution is 0.254. The summed E-state index contributed by atoms with van der Waals surface area (Å²) in [5, 5.41) is 1.63. The van der Waals surface area contributed by atoms with Crippen LogP contribution in [-0.4, -0.2) is 0 Å². The van der Waals surface area contributed by atoms with E-state index in [4.69, 9.17) is 0 Å². The van der Waals surface area contributed by atoms with Gasteiger partial charge in [0.2, 0.25) is 0 Å². The highest BCUT2D eigenvalue weighted by Gasteiger charge is 2.21. The number of halogens is 1. The average Bonchev–Trinajstić information content (AvgIpc) is 2.84. The van der Waals surface area contributed by atoms with Crippen molar-refractivity contribution < 1.29 is 4.39 Å². The molecular weight excluding hydrogens is 403 g/mol. The predicted molar refractivity (Wildman–Crippen MR) is 139 cm³/mol. The van der Waals surface area contributed by atoms with E-state index in [-0.39, 0.29) is 5.82 Å². The molecule has 0 bridgehead atoms. The normalized spacial score (nSPS) is 18.4. The topological polar surface area (TPSA) is 0 Å². The Labute approximate surface area is 198 Å². The molecule has 0 amide bonds. The van der Waals surface area contributed by atoms with Gasteiger partial charge in [-0.15, -0.1) is 0 Å². The lowest BCUT2D eigenvalue weighted by atomic mass is 9.78. The summed E-state index contributed by atoms with van der Waals surface area (Å²) < 4.78 is 15.2.